The predicted octanol–water partition coefficient (Wildman–Crippen LogP) is 2.29. The van der Waals surface area contributed by atoms with Crippen LogP contribution in [0.5, 0.6) is 0 Å². The number of piperazine rings is 1. The first-order chi connectivity index (χ1) is 14.1. The lowest BCUT2D eigenvalue weighted by Gasteiger charge is -2.35. The lowest BCUT2D eigenvalue weighted by atomic mass is 10.1. The number of rotatable bonds is 4. The van der Waals surface area contributed by atoms with E-state index in [4.69, 9.17) is 0 Å². The van der Waals surface area contributed by atoms with Gasteiger partial charge in [0.1, 0.15) is 6.54 Å². The minimum Gasteiger partial charge on any atom is -0.361 e. The van der Waals surface area contributed by atoms with Gasteiger partial charge in [0.05, 0.1) is 11.9 Å². The normalized spacial score (nSPS) is 14.9. The Labute approximate surface area is 193 Å². The second-order valence-corrected chi connectivity index (χ2v) is 7.37. The fourth-order valence-electron chi connectivity index (χ4n) is 3.89. The Hall–Kier alpha value is -2.56. The molecule has 30 heavy (non-hydrogen) atoms. The van der Waals surface area contributed by atoms with Crippen molar-refractivity contribution in [3.63, 3.8) is 0 Å². The summed E-state index contributed by atoms with van der Waals surface area (Å²) in [6.45, 7) is 4.52. The van der Waals surface area contributed by atoms with Crippen LogP contribution in [0.1, 0.15) is 11.1 Å². The summed E-state index contributed by atoms with van der Waals surface area (Å²) in [6.07, 6.45) is 6.55. The monoisotopic (exact) mass is 521 g/mol. The molecule has 1 aliphatic rings. The van der Waals surface area contributed by atoms with Crippen molar-refractivity contribution < 1.29 is 4.79 Å². The molecule has 2 N–H and O–H groups in total. The number of aliphatic imine (C=N–C) groups is 1. The third-order valence-corrected chi connectivity index (χ3v) is 5.42. The number of nitrogens with one attached hydrogen (secondary N) is 2. The zero-order chi connectivity index (χ0) is 20.4. The summed E-state index contributed by atoms with van der Waals surface area (Å²) in [5, 5.41) is 8.84. The fourth-order valence-corrected chi connectivity index (χ4v) is 3.89. The minimum atomic E-state index is 0. The number of hydrogen-bond donors (Lipinski definition) is 2. The number of guanidine groups is 1. The van der Waals surface area contributed by atoms with Crippen LogP contribution in [0.3, 0.4) is 0 Å². The van der Waals surface area contributed by atoms with Crippen molar-refractivity contribution in [2.45, 2.75) is 13.3 Å². The number of aryl methyl sites for hydroxylation is 2. The summed E-state index contributed by atoms with van der Waals surface area (Å²) in [7, 11) is 3.61. The van der Waals surface area contributed by atoms with Gasteiger partial charge in [0.25, 0.3) is 0 Å². The third kappa shape index (κ3) is 4.45. The number of anilines is 1. The predicted molar refractivity (Wildman–Crippen MR) is 131 cm³/mol. The summed E-state index contributed by atoms with van der Waals surface area (Å²) in [5.41, 5.74) is 4.57. The molecule has 1 saturated heterocycles. The Kier molecular flexibility index (Phi) is 7.01. The first kappa shape index (κ1) is 22.1. The van der Waals surface area contributed by atoms with Gasteiger partial charge in [-0.05, 0) is 24.5 Å². The number of aromatic nitrogens is 3. The zero-order valence-corrected chi connectivity index (χ0v) is 19.9. The highest BCUT2D eigenvalue weighted by Crippen LogP contribution is 2.21. The first-order valence-corrected chi connectivity index (χ1v) is 9.87. The van der Waals surface area contributed by atoms with Gasteiger partial charge in [0.15, 0.2) is 5.96 Å². The van der Waals surface area contributed by atoms with Crippen molar-refractivity contribution in [3.05, 3.63) is 47.9 Å². The molecule has 3 aromatic rings. The Morgan fingerprint density at radius 3 is 2.87 bits per heavy atom. The van der Waals surface area contributed by atoms with E-state index in [1.807, 2.05) is 18.1 Å². The molecule has 0 bridgehead atoms. The van der Waals surface area contributed by atoms with Crippen molar-refractivity contribution in [3.8, 4) is 0 Å². The SMILES string of the molecule is CN=C(NCCc1c[nH]c2c(C)cccc12)N1CCN(c2cnn(C)c2)C(=O)C1.I. The Bertz CT molecular complexity index is 1050. The molecular formula is C21H28IN7O. The van der Waals surface area contributed by atoms with Gasteiger partial charge in [0, 0.05) is 57.0 Å². The van der Waals surface area contributed by atoms with Gasteiger partial charge in [-0.25, -0.2) is 0 Å². The minimum absolute atomic E-state index is 0. The summed E-state index contributed by atoms with van der Waals surface area (Å²) < 4.78 is 1.71. The molecule has 160 valence electrons. The van der Waals surface area contributed by atoms with Crippen molar-refractivity contribution in [2.75, 3.05) is 38.1 Å². The lowest BCUT2D eigenvalue weighted by molar-refractivity contribution is -0.120. The number of carbonyl (C=O) groups excluding carboxylic acids is 1. The number of nitrogens with zero attached hydrogens (tertiary/aromatic N) is 5. The summed E-state index contributed by atoms with van der Waals surface area (Å²) in [6, 6.07) is 6.36. The second kappa shape index (κ2) is 9.50. The fraction of sp³-hybridized carbons (Fsp3) is 0.381. The molecule has 9 heteroatoms. The Morgan fingerprint density at radius 2 is 2.17 bits per heavy atom. The van der Waals surface area contributed by atoms with Gasteiger partial charge in [-0.2, -0.15) is 5.10 Å². The largest absolute Gasteiger partial charge is 0.361 e. The van der Waals surface area contributed by atoms with E-state index in [9.17, 15) is 4.79 Å². The highest BCUT2D eigenvalue weighted by Gasteiger charge is 2.27. The smallest absolute Gasteiger partial charge is 0.246 e. The van der Waals surface area contributed by atoms with Gasteiger partial charge in [-0.15, -0.1) is 24.0 Å². The maximum atomic E-state index is 12.6. The van der Waals surface area contributed by atoms with Crippen LogP contribution in [-0.4, -0.2) is 64.8 Å². The van der Waals surface area contributed by atoms with Crippen LogP contribution in [-0.2, 0) is 18.3 Å². The average molecular weight is 521 g/mol. The summed E-state index contributed by atoms with van der Waals surface area (Å²) >= 11 is 0. The van der Waals surface area contributed by atoms with E-state index in [1.165, 1.54) is 22.0 Å². The molecule has 1 amide bonds. The molecule has 0 aliphatic carbocycles. The van der Waals surface area contributed by atoms with Gasteiger partial charge in [-0.3, -0.25) is 14.5 Å². The Morgan fingerprint density at radius 1 is 1.33 bits per heavy atom. The van der Waals surface area contributed by atoms with E-state index >= 15 is 0 Å². The van der Waals surface area contributed by atoms with E-state index in [2.05, 4.69) is 51.7 Å². The number of halogens is 1. The topological polar surface area (TPSA) is 81.6 Å². The molecule has 0 atom stereocenters. The number of aromatic amines is 1. The lowest BCUT2D eigenvalue weighted by Crippen LogP contribution is -2.55. The van der Waals surface area contributed by atoms with Crippen LogP contribution in [0.25, 0.3) is 10.9 Å². The molecule has 3 heterocycles. The average Bonchev–Trinajstić information content (AvgIpc) is 3.32. The van der Waals surface area contributed by atoms with Crippen LogP contribution in [0.2, 0.25) is 0 Å². The van der Waals surface area contributed by atoms with Crippen molar-refractivity contribution in [1.82, 2.24) is 25.0 Å². The van der Waals surface area contributed by atoms with E-state index in [-0.39, 0.29) is 29.9 Å². The number of H-pyrrole nitrogens is 1. The molecule has 8 nitrogen and oxygen atoms in total. The van der Waals surface area contributed by atoms with E-state index in [1.54, 1.807) is 22.8 Å². The highest BCUT2D eigenvalue weighted by molar-refractivity contribution is 14.0. The Balaban J connectivity index is 0.00000256. The van der Waals surface area contributed by atoms with Gasteiger partial charge in [-0.1, -0.05) is 18.2 Å². The van der Waals surface area contributed by atoms with Crippen molar-refractivity contribution in [1.29, 1.82) is 0 Å². The third-order valence-electron chi connectivity index (χ3n) is 5.42. The molecule has 1 aliphatic heterocycles. The quantitative estimate of drug-likeness (QED) is 0.314. The number of carbonyl (C=O) groups is 1. The van der Waals surface area contributed by atoms with Gasteiger partial charge < -0.3 is 20.1 Å². The van der Waals surface area contributed by atoms with Crippen molar-refractivity contribution in [2.24, 2.45) is 12.0 Å². The maximum absolute atomic E-state index is 12.6. The highest BCUT2D eigenvalue weighted by atomic mass is 127. The second-order valence-electron chi connectivity index (χ2n) is 7.37. The zero-order valence-electron chi connectivity index (χ0n) is 17.6. The number of benzene rings is 1. The molecule has 0 saturated carbocycles. The summed E-state index contributed by atoms with van der Waals surface area (Å²) in [5.74, 6) is 0.819. The number of hydrogen-bond acceptors (Lipinski definition) is 3. The summed E-state index contributed by atoms with van der Waals surface area (Å²) in [4.78, 5) is 24.2. The molecule has 2 aromatic heterocycles. The molecule has 1 fully saturated rings. The molecular weight excluding hydrogens is 493 g/mol. The number of para-hydroxylation sites is 1. The van der Waals surface area contributed by atoms with Crippen LogP contribution in [0.4, 0.5) is 5.69 Å². The van der Waals surface area contributed by atoms with Crippen LogP contribution in [0, 0.1) is 6.92 Å². The van der Waals surface area contributed by atoms with E-state index in [0.717, 1.165) is 31.2 Å². The molecule has 0 unspecified atom stereocenters. The van der Waals surface area contributed by atoms with Crippen LogP contribution in [0.15, 0.2) is 41.8 Å². The van der Waals surface area contributed by atoms with Crippen LogP contribution >= 0.6 is 24.0 Å². The standard InChI is InChI=1S/C21H27N7O.HI/c1-15-5-4-6-18-16(11-24-20(15)18)7-8-23-21(22-2)27-9-10-28(19(29)14-27)17-12-25-26(3)13-17;/h4-6,11-13,24H,7-10,14H2,1-3H3,(H,22,23);1H. The van der Waals surface area contributed by atoms with Gasteiger partial charge in [0.2, 0.25) is 5.91 Å². The van der Waals surface area contributed by atoms with Crippen molar-refractivity contribution >= 4 is 52.4 Å². The molecule has 4 rings (SSSR count). The first-order valence-electron chi connectivity index (χ1n) is 9.87. The molecule has 0 spiro atoms. The molecule has 1 aromatic carbocycles. The maximum Gasteiger partial charge on any atom is 0.246 e. The number of fused-ring (bicyclic) bond motifs is 1. The van der Waals surface area contributed by atoms with Crippen LogP contribution < -0.4 is 10.2 Å². The van der Waals surface area contributed by atoms with Gasteiger partial charge >= 0.3 is 0 Å². The number of amides is 1. The molecule has 0 radical (unpaired) electrons. The van der Waals surface area contributed by atoms with E-state index < -0.39 is 0 Å². The van der Waals surface area contributed by atoms with E-state index in [0.29, 0.717) is 13.1 Å².